The molecule has 0 fully saturated rings. The number of hydrogen-bond donors (Lipinski definition) is 0. The average Bonchev–Trinajstić information content (AvgIpc) is 3.12. The minimum atomic E-state index is -0.289. The van der Waals surface area contributed by atoms with Crippen molar-refractivity contribution in [1.82, 2.24) is 0 Å². The fraction of sp³-hybridized carbons (Fsp3) is 0.348. The second kappa shape index (κ2) is 10.5. The Bertz CT molecular complexity index is 910. The monoisotopic (exact) mass is 384 g/mol. The van der Waals surface area contributed by atoms with Crippen molar-refractivity contribution in [2.45, 2.75) is 40.4 Å². The van der Waals surface area contributed by atoms with Crippen molar-refractivity contribution in [3.05, 3.63) is 64.9 Å². The molecule has 0 saturated heterocycles. The van der Waals surface area contributed by atoms with E-state index < -0.39 is 0 Å². The summed E-state index contributed by atoms with van der Waals surface area (Å²) in [6.45, 7) is 6.86. The third-order valence-electron chi connectivity index (χ3n) is 4.13. The van der Waals surface area contributed by atoms with Crippen LogP contribution in [0.2, 0.25) is 0 Å². The molecule has 3 aromatic rings. The quantitative estimate of drug-likeness (QED) is 0.524. The van der Waals surface area contributed by atoms with Gasteiger partial charge in [-0.05, 0) is 42.3 Å². The van der Waals surface area contributed by atoms with Crippen molar-refractivity contribution >= 4 is 16.9 Å². The van der Waals surface area contributed by atoms with Gasteiger partial charge in [0.2, 0.25) is 0 Å². The molecule has 0 saturated carbocycles. The number of fused-ring (bicyclic) bond motifs is 1. The highest BCUT2D eigenvalue weighted by molar-refractivity contribution is 5.81. The first-order chi connectivity index (χ1) is 13.6. The summed E-state index contributed by atoms with van der Waals surface area (Å²) in [5, 5.41) is 1.03. The maximum absolute atomic E-state index is 11.6. The number of methoxy groups -OCH3 is 2. The van der Waals surface area contributed by atoms with E-state index in [2.05, 4.69) is 0 Å². The number of rotatable bonds is 7. The van der Waals surface area contributed by atoms with E-state index in [1.807, 2.05) is 63.2 Å². The van der Waals surface area contributed by atoms with Crippen LogP contribution in [0.25, 0.3) is 11.0 Å². The first-order valence-electron chi connectivity index (χ1n) is 9.39. The molecule has 0 bridgehead atoms. The molecule has 28 heavy (non-hydrogen) atoms. The molecule has 0 atom stereocenters. The Morgan fingerprint density at radius 3 is 2.50 bits per heavy atom. The third kappa shape index (κ3) is 5.36. The molecule has 1 aromatic heterocycles. The first kappa shape index (κ1) is 21.5. The standard InChI is InChI=1S/C21H22O5.C2H6/c1-14-8-15(9-17-10-18(13-23-2)26-21(14)17)12-25-19-7-5-4-6-16(19)11-20(22)24-3;1-2/h4-10H,11-13H2,1-3H3;1-2H3. The van der Waals surface area contributed by atoms with Gasteiger partial charge in [0.15, 0.2) is 0 Å². The number of hydrogen-bond acceptors (Lipinski definition) is 5. The second-order valence-corrected chi connectivity index (χ2v) is 6.13. The Morgan fingerprint density at radius 2 is 1.79 bits per heavy atom. The summed E-state index contributed by atoms with van der Waals surface area (Å²) in [5.74, 6) is 1.19. The highest BCUT2D eigenvalue weighted by Crippen LogP contribution is 2.26. The Balaban J connectivity index is 0.00000136. The summed E-state index contributed by atoms with van der Waals surface area (Å²) in [4.78, 5) is 11.6. The molecule has 0 aliphatic carbocycles. The number of carbonyl (C=O) groups is 1. The highest BCUT2D eigenvalue weighted by Gasteiger charge is 2.11. The van der Waals surface area contributed by atoms with Crippen LogP contribution in [0.5, 0.6) is 5.75 Å². The van der Waals surface area contributed by atoms with Crippen LogP contribution in [0.4, 0.5) is 0 Å². The average molecular weight is 384 g/mol. The third-order valence-corrected chi connectivity index (χ3v) is 4.13. The van der Waals surface area contributed by atoms with Gasteiger partial charge in [0.1, 0.15) is 30.3 Å². The van der Waals surface area contributed by atoms with E-state index in [0.29, 0.717) is 19.0 Å². The highest BCUT2D eigenvalue weighted by atomic mass is 16.5. The summed E-state index contributed by atoms with van der Waals surface area (Å²) in [6.07, 6.45) is 0.187. The Hall–Kier alpha value is -2.79. The number of aryl methyl sites for hydroxylation is 1. The van der Waals surface area contributed by atoms with Crippen LogP contribution in [0, 0.1) is 6.92 Å². The SMILES string of the molecule is CC.COCc1cc2cc(COc3ccccc3CC(=O)OC)cc(C)c2o1. The van der Waals surface area contributed by atoms with Gasteiger partial charge >= 0.3 is 5.97 Å². The van der Waals surface area contributed by atoms with Gasteiger partial charge < -0.3 is 18.6 Å². The molecule has 150 valence electrons. The zero-order valence-electron chi connectivity index (χ0n) is 17.2. The number of benzene rings is 2. The van der Waals surface area contributed by atoms with Crippen molar-refractivity contribution in [3.8, 4) is 5.75 Å². The van der Waals surface area contributed by atoms with Crippen molar-refractivity contribution in [2.75, 3.05) is 14.2 Å². The fourth-order valence-corrected chi connectivity index (χ4v) is 2.94. The lowest BCUT2D eigenvalue weighted by molar-refractivity contribution is -0.139. The number of furan rings is 1. The van der Waals surface area contributed by atoms with Gasteiger partial charge in [-0.25, -0.2) is 0 Å². The van der Waals surface area contributed by atoms with Gasteiger partial charge in [-0.3, -0.25) is 4.79 Å². The summed E-state index contributed by atoms with van der Waals surface area (Å²) >= 11 is 0. The molecule has 0 radical (unpaired) electrons. The Labute approximate surface area is 166 Å². The van der Waals surface area contributed by atoms with E-state index in [1.54, 1.807) is 7.11 Å². The molecule has 3 rings (SSSR count). The molecule has 2 aromatic carbocycles. The van der Waals surface area contributed by atoms with E-state index in [1.165, 1.54) is 7.11 Å². The smallest absolute Gasteiger partial charge is 0.310 e. The lowest BCUT2D eigenvalue weighted by Gasteiger charge is -2.11. The maximum atomic E-state index is 11.6. The summed E-state index contributed by atoms with van der Waals surface area (Å²) < 4.78 is 21.7. The Kier molecular flexibility index (Phi) is 8.08. The molecular formula is C23H28O5. The fourth-order valence-electron chi connectivity index (χ4n) is 2.94. The van der Waals surface area contributed by atoms with Gasteiger partial charge in [-0.1, -0.05) is 32.0 Å². The van der Waals surface area contributed by atoms with Gasteiger partial charge in [-0.15, -0.1) is 0 Å². The molecule has 5 heteroatoms. The van der Waals surface area contributed by atoms with Crippen LogP contribution in [0.1, 0.15) is 36.3 Å². The van der Waals surface area contributed by atoms with E-state index >= 15 is 0 Å². The zero-order valence-corrected chi connectivity index (χ0v) is 17.2. The number of ether oxygens (including phenoxy) is 3. The van der Waals surface area contributed by atoms with E-state index in [4.69, 9.17) is 18.6 Å². The van der Waals surface area contributed by atoms with E-state index in [9.17, 15) is 4.79 Å². The lowest BCUT2D eigenvalue weighted by Crippen LogP contribution is -2.06. The lowest BCUT2D eigenvalue weighted by atomic mass is 10.1. The number of para-hydroxylation sites is 1. The summed E-state index contributed by atoms with van der Waals surface area (Å²) in [5.41, 5.74) is 3.76. The molecule has 0 aliphatic heterocycles. The Morgan fingerprint density at radius 1 is 1.04 bits per heavy atom. The predicted octanol–water partition coefficient (Wildman–Crippen LogP) is 5.21. The van der Waals surface area contributed by atoms with Crippen LogP contribution in [0.3, 0.4) is 0 Å². The van der Waals surface area contributed by atoms with Crippen molar-refractivity contribution in [2.24, 2.45) is 0 Å². The van der Waals surface area contributed by atoms with E-state index in [0.717, 1.165) is 33.4 Å². The van der Waals surface area contributed by atoms with Gasteiger partial charge in [0.05, 0.1) is 13.5 Å². The largest absolute Gasteiger partial charge is 0.489 e. The van der Waals surface area contributed by atoms with Crippen LogP contribution in [-0.2, 0) is 33.9 Å². The van der Waals surface area contributed by atoms with Crippen LogP contribution >= 0.6 is 0 Å². The minimum absolute atomic E-state index is 0.187. The maximum Gasteiger partial charge on any atom is 0.310 e. The summed E-state index contributed by atoms with van der Waals surface area (Å²) in [7, 11) is 3.03. The predicted molar refractivity (Wildman–Crippen MR) is 110 cm³/mol. The van der Waals surface area contributed by atoms with Crippen molar-refractivity contribution < 1.29 is 23.4 Å². The second-order valence-electron chi connectivity index (χ2n) is 6.13. The number of esters is 1. The normalized spacial score (nSPS) is 10.3. The molecule has 0 N–H and O–H groups in total. The van der Waals surface area contributed by atoms with Gasteiger partial charge in [0.25, 0.3) is 0 Å². The zero-order chi connectivity index (χ0) is 20.5. The molecule has 0 aliphatic rings. The molecule has 0 amide bonds. The van der Waals surface area contributed by atoms with E-state index in [-0.39, 0.29) is 12.4 Å². The van der Waals surface area contributed by atoms with Gasteiger partial charge in [-0.2, -0.15) is 0 Å². The van der Waals surface area contributed by atoms with Gasteiger partial charge in [0, 0.05) is 18.1 Å². The minimum Gasteiger partial charge on any atom is -0.489 e. The van der Waals surface area contributed by atoms with Crippen molar-refractivity contribution in [1.29, 1.82) is 0 Å². The topological polar surface area (TPSA) is 57.9 Å². The number of carbonyl (C=O) groups excluding carboxylic acids is 1. The molecule has 0 unspecified atom stereocenters. The van der Waals surface area contributed by atoms with Crippen LogP contribution < -0.4 is 4.74 Å². The van der Waals surface area contributed by atoms with Crippen LogP contribution in [0.15, 0.2) is 46.9 Å². The summed E-state index contributed by atoms with van der Waals surface area (Å²) in [6, 6.07) is 13.6. The van der Waals surface area contributed by atoms with Crippen LogP contribution in [-0.4, -0.2) is 20.2 Å². The molecular weight excluding hydrogens is 356 g/mol. The molecule has 5 nitrogen and oxygen atoms in total. The molecule has 0 spiro atoms. The molecule has 1 heterocycles. The van der Waals surface area contributed by atoms with Crippen molar-refractivity contribution in [3.63, 3.8) is 0 Å². The first-order valence-corrected chi connectivity index (χ1v) is 9.39.